The van der Waals surface area contributed by atoms with Crippen LogP contribution < -0.4 is 15.2 Å². The molecule has 0 fully saturated rings. The first-order valence-electron chi connectivity index (χ1n) is 8.73. The molecule has 6 heteroatoms. The van der Waals surface area contributed by atoms with E-state index in [4.69, 9.17) is 15.2 Å². The molecule has 2 atom stereocenters. The highest BCUT2D eigenvalue weighted by Gasteiger charge is 2.54. The third-order valence-electron chi connectivity index (χ3n) is 5.57. The van der Waals surface area contributed by atoms with Crippen molar-refractivity contribution in [1.82, 2.24) is 0 Å². The lowest BCUT2D eigenvalue weighted by Gasteiger charge is -2.43. The SMILES string of the molecule is COc1ccc([C@@H]2[C@@H]3CCCC=C3C(C#N)=C(N)C2(C#N)C#N)c(OC)c1. The third-order valence-corrected chi connectivity index (χ3v) is 5.57. The summed E-state index contributed by atoms with van der Waals surface area (Å²) in [6.07, 6.45) is 4.56. The van der Waals surface area contributed by atoms with Crippen molar-refractivity contribution in [1.29, 1.82) is 15.8 Å². The molecule has 0 saturated heterocycles. The van der Waals surface area contributed by atoms with Crippen LogP contribution in [0.2, 0.25) is 0 Å². The van der Waals surface area contributed by atoms with Crippen LogP contribution in [0.3, 0.4) is 0 Å². The number of hydrogen-bond donors (Lipinski definition) is 1. The standard InChI is InChI=1S/C21H20N4O2/c1-26-13-7-8-16(18(9-13)27-2)19-15-6-4-3-5-14(15)17(10-22)20(25)21(19,11-23)12-24/h5,7-9,15,19H,3-4,6,25H2,1-2H3/t15-,19+/m1/s1. The lowest BCUT2D eigenvalue weighted by Crippen LogP contribution is -2.42. The zero-order chi connectivity index (χ0) is 19.6. The molecule has 1 aromatic rings. The minimum absolute atomic E-state index is 0.0299. The number of nitrogens with zero attached hydrogens (tertiary/aromatic N) is 3. The number of fused-ring (bicyclic) bond motifs is 1. The van der Waals surface area contributed by atoms with Gasteiger partial charge in [-0.2, -0.15) is 15.8 Å². The Hall–Kier alpha value is -3.43. The molecule has 2 aliphatic rings. The Labute approximate surface area is 158 Å². The van der Waals surface area contributed by atoms with E-state index >= 15 is 0 Å². The van der Waals surface area contributed by atoms with E-state index in [1.807, 2.05) is 12.1 Å². The van der Waals surface area contributed by atoms with E-state index in [9.17, 15) is 15.8 Å². The number of nitrogens with two attached hydrogens (primary N) is 1. The van der Waals surface area contributed by atoms with Crippen LogP contribution in [-0.2, 0) is 0 Å². The van der Waals surface area contributed by atoms with E-state index in [0.29, 0.717) is 11.5 Å². The summed E-state index contributed by atoms with van der Waals surface area (Å²) < 4.78 is 10.8. The van der Waals surface area contributed by atoms with Crippen molar-refractivity contribution in [2.45, 2.75) is 25.2 Å². The van der Waals surface area contributed by atoms with Gasteiger partial charge in [0.15, 0.2) is 5.41 Å². The molecule has 136 valence electrons. The number of nitriles is 3. The van der Waals surface area contributed by atoms with Gasteiger partial charge in [-0.25, -0.2) is 0 Å². The number of methoxy groups -OCH3 is 2. The fourth-order valence-electron chi connectivity index (χ4n) is 4.29. The predicted molar refractivity (Wildman–Crippen MR) is 98.2 cm³/mol. The Bertz CT molecular complexity index is 942. The Morgan fingerprint density at radius 2 is 1.89 bits per heavy atom. The molecule has 2 aliphatic carbocycles. The fraction of sp³-hybridized carbons (Fsp3) is 0.381. The number of benzene rings is 1. The second-order valence-electron chi connectivity index (χ2n) is 6.71. The maximum atomic E-state index is 10.0. The predicted octanol–water partition coefficient (Wildman–Crippen LogP) is 3.30. The Balaban J connectivity index is 2.34. The summed E-state index contributed by atoms with van der Waals surface area (Å²) in [5.74, 6) is 0.471. The number of hydrogen-bond acceptors (Lipinski definition) is 6. The average Bonchev–Trinajstić information content (AvgIpc) is 2.72. The molecule has 0 amide bonds. The van der Waals surface area contributed by atoms with Crippen LogP contribution in [0, 0.1) is 45.3 Å². The second-order valence-corrected chi connectivity index (χ2v) is 6.71. The van der Waals surface area contributed by atoms with Crippen molar-refractivity contribution in [3.8, 4) is 29.7 Å². The van der Waals surface area contributed by atoms with Gasteiger partial charge in [0, 0.05) is 17.5 Å². The third kappa shape index (κ3) is 2.60. The zero-order valence-corrected chi connectivity index (χ0v) is 15.3. The second kappa shape index (κ2) is 7.06. The summed E-state index contributed by atoms with van der Waals surface area (Å²) in [5.41, 5.74) is 6.50. The van der Waals surface area contributed by atoms with Gasteiger partial charge in [-0.15, -0.1) is 0 Å². The highest BCUT2D eigenvalue weighted by atomic mass is 16.5. The topological polar surface area (TPSA) is 116 Å². The van der Waals surface area contributed by atoms with Gasteiger partial charge in [0.1, 0.15) is 17.6 Å². The summed E-state index contributed by atoms with van der Waals surface area (Å²) in [5, 5.41) is 29.7. The Kier molecular flexibility index (Phi) is 4.80. The number of allylic oxidation sites excluding steroid dienone is 4. The van der Waals surface area contributed by atoms with E-state index in [-0.39, 0.29) is 17.2 Å². The summed E-state index contributed by atoms with van der Waals surface area (Å²) in [6, 6.07) is 11.7. The van der Waals surface area contributed by atoms with Crippen LogP contribution in [-0.4, -0.2) is 14.2 Å². The van der Waals surface area contributed by atoms with Gasteiger partial charge in [-0.3, -0.25) is 0 Å². The van der Waals surface area contributed by atoms with Crippen LogP contribution in [0.1, 0.15) is 30.7 Å². The lowest BCUT2D eigenvalue weighted by atomic mass is 9.56. The van der Waals surface area contributed by atoms with Gasteiger partial charge in [0.25, 0.3) is 0 Å². The van der Waals surface area contributed by atoms with E-state index in [2.05, 4.69) is 18.2 Å². The average molecular weight is 360 g/mol. The molecule has 0 bridgehead atoms. The molecule has 1 aromatic carbocycles. The molecular weight excluding hydrogens is 340 g/mol. The first-order chi connectivity index (χ1) is 13.1. The molecule has 0 spiro atoms. The van der Waals surface area contributed by atoms with Gasteiger partial charge in [-0.05, 0) is 36.8 Å². The summed E-state index contributed by atoms with van der Waals surface area (Å²) in [6.45, 7) is 0. The highest BCUT2D eigenvalue weighted by molar-refractivity contribution is 5.60. The van der Waals surface area contributed by atoms with Crippen LogP contribution in [0.4, 0.5) is 0 Å². The molecule has 6 nitrogen and oxygen atoms in total. The van der Waals surface area contributed by atoms with Crippen molar-refractivity contribution in [2.75, 3.05) is 14.2 Å². The van der Waals surface area contributed by atoms with E-state index in [0.717, 1.165) is 30.4 Å². The smallest absolute Gasteiger partial charge is 0.191 e. The van der Waals surface area contributed by atoms with E-state index in [1.165, 1.54) is 0 Å². The maximum absolute atomic E-state index is 10.0. The van der Waals surface area contributed by atoms with Crippen molar-refractivity contribution in [2.24, 2.45) is 17.1 Å². The normalized spacial score (nSPS) is 23.1. The summed E-state index contributed by atoms with van der Waals surface area (Å²) in [7, 11) is 3.10. The van der Waals surface area contributed by atoms with Crippen LogP contribution >= 0.6 is 0 Å². The molecule has 0 unspecified atom stereocenters. The molecule has 0 aliphatic heterocycles. The minimum Gasteiger partial charge on any atom is -0.497 e. The van der Waals surface area contributed by atoms with E-state index < -0.39 is 11.3 Å². The molecule has 0 aromatic heterocycles. The molecular formula is C21H20N4O2. The Morgan fingerprint density at radius 3 is 2.48 bits per heavy atom. The van der Waals surface area contributed by atoms with Crippen molar-refractivity contribution >= 4 is 0 Å². The van der Waals surface area contributed by atoms with Gasteiger partial charge in [0.2, 0.25) is 0 Å². The van der Waals surface area contributed by atoms with Gasteiger partial charge >= 0.3 is 0 Å². The number of ether oxygens (including phenoxy) is 2. The van der Waals surface area contributed by atoms with Gasteiger partial charge < -0.3 is 15.2 Å². The number of rotatable bonds is 3. The van der Waals surface area contributed by atoms with Crippen molar-refractivity contribution in [3.63, 3.8) is 0 Å². The van der Waals surface area contributed by atoms with Crippen LogP contribution in [0.25, 0.3) is 0 Å². The molecule has 27 heavy (non-hydrogen) atoms. The summed E-state index contributed by atoms with van der Waals surface area (Å²) in [4.78, 5) is 0. The molecule has 3 rings (SSSR count). The summed E-state index contributed by atoms with van der Waals surface area (Å²) >= 11 is 0. The quantitative estimate of drug-likeness (QED) is 0.884. The lowest BCUT2D eigenvalue weighted by molar-refractivity contribution is 0.304. The van der Waals surface area contributed by atoms with Crippen molar-refractivity contribution in [3.05, 3.63) is 46.7 Å². The van der Waals surface area contributed by atoms with Gasteiger partial charge in [-0.1, -0.05) is 12.1 Å². The highest BCUT2D eigenvalue weighted by Crippen LogP contribution is 2.57. The van der Waals surface area contributed by atoms with Crippen molar-refractivity contribution < 1.29 is 9.47 Å². The molecule has 2 N–H and O–H groups in total. The first-order valence-corrected chi connectivity index (χ1v) is 8.73. The van der Waals surface area contributed by atoms with Crippen LogP contribution in [0.15, 0.2) is 41.1 Å². The molecule has 0 heterocycles. The first kappa shape index (κ1) is 18.4. The van der Waals surface area contributed by atoms with Gasteiger partial charge in [0.05, 0.1) is 37.6 Å². The Morgan fingerprint density at radius 1 is 1.15 bits per heavy atom. The molecule has 0 saturated carbocycles. The molecule has 0 radical (unpaired) electrons. The monoisotopic (exact) mass is 360 g/mol. The van der Waals surface area contributed by atoms with Crippen LogP contribution in [0.5, 0.6) is 11.5 Å². The minimum atomic E-state index is -1.63. The maximum Gasteiger partial charge on any atom is 0.191 e. The fourth-order valence-corrected chi connectivity index (χ4v) is 4.29. The largest absolute Gasteiger partial charge is 0.497 e. The zero-order valence-electron chi connectivity index (χ0n) is 15.3. The van der Waals surface area contributed by atoms with E-state index in [1.54, 1.807) is 26.4 Å².